The van der Waals surface area contributed by atoms with Crippen LogP contribution in [-0.2, 0) is 0 Å². The molecule has 0 amide bonds. The van der Waals surface area contributed by atoms with Gasteiger partial charge in [0.05, 0.1) is 12.2 Å². The van der Waals surface area contributed by atoms with Gasteiger partial charge in [-0.25, -0.2) is 18.0 Å². The summed E-state index contributed by atoms with van der Waals surface area (Å²) in [6, 6.07) is 6.25. The first kappa shape index (κ1) is 14.9. The minimum Gasteiger partial charge on any atom is -0.494 e. The van der Waals surface area contributed by atoms with E-state index in [1.165, 1.54) is 12.1 Å². The van der Waals surface area contributed by atoms with Crippen LogP contribution in [0.4, 0.5) is 13.2 Å². The molecule has 0 heterocycles. The lowest BCUT2D eigenvalue weighted by molar-refractivity contribution is 0.0729. The van der Waals surface area contributed by atoms with Crippen LogP contribution in [0, 0.1) is 17.5 Å². The molecule has 3 nitrogen and oxygen atoms in total. The SMILES string of the molecule is CCOc1ccc(C(=O)Oc2ccc(F)c(F)c2)c(F)c1. The van der Waals surface area contributed by atoms with E-state index in [0.717, 1.165) is 18.2 Å². The molecule has 0 fully saturated rings. The van der Waals surface area contributed by atoms with Crippen molar-refractivity contribution in [3.05, 3.63) is 59.4 Å². The Morgan fingerprint density at radius 1 is 0.952 bits per heavy atom. The second kappa shape index (κ2) is 6.30. The van der Waals surface area contributed by atoms with Gasteiger partial charge in [-0.05, 0) is 31.2 Å². The van der Waals surface area contributed by atoms with Gasteiger partial charge >= 0.3 is 5.97 Å². The zero-order valence-electron chi connectivity index (χ0n) is 11.0. The van der Waals surface area contributed by atoms with Crippen LogP contribution in [0.5, 0.6) is 11.5 Å². The largest absolute Gasteiger partial charge is 0.494 e. The molecule has 0 aliphatic heterocycles. The fraction of sp³-hybridized carbons (Fsp3) is 0.133. The van der Waals surface area contributed by atoms with Crippen molar-refractivity contribution < 1.29 is 27.4 Å². The number of carbonyl (C=O) groups excluding carboxylic acids is 1. The molecule has 0 atom stereocenters. The molecule has 0 aliphatic rings. The zero-order valence-corrected chi connectivity index (χ0v) is 11.0. The maximum Gasteiger partial charge on any atom is 0.346 e. The molecule has 0 saturated carbocycles. The Labute approximate surface area is 118 Å². The highest BCUT2D eigenvalue weighted by Crippen LogP contribution is 2.20. The summed E-state index contributed by atoms with van der Waals surface area (Å²) in [7, 11) is 0. The van der Waals surface area contributed by atoms with Gasteiger partial charge in [-0.15, -0.1) is 0 Å². The minimum absolute atomic E-state index is 0.216. The monoisotopic (exact) mass is 296 g/mol. The van der Waals surface area contributed by atoms with Crippen molar-refractivity contribution in [1.82, 2.24) is 0 Å². The second-order valence-electron chi connectivity index (χ2n) is 4.04. The van der Waals surface area contributed by atoms with E-state index in [-0.39, 0.29) is 17.1 Å². The Balaban J connectivity index is 2.18. The standard InChI is InChI=1S/C15H11F3O3/c1-2-20-9-3-5-11(13(17)7-9)15(19)21-10-4-6-12(16)14(18)8-10/h3-8H,2H2,1H3. The van der Waals surface area contributed by atoms with Gasteiger partial charge in [0, 0.05) is 12.1 Å². The van der Waals surface area contributed by atoms with Crippen molar-refractivity contribution in [2.75, 3.05) is 6.61 Å². The number of benzene rings is 2. The molecule has 0 saturated heterocycles. The Bertz CT molecular complexity index is 671. The first-order chi connectivity index (χ1) is 10.0. The van der Waals surface area contributed by atoms with E-state index >= 15 is 0 Å². The maximum absolute atomic E-state index is 13.8. The van der Waals surface area contributed by atoms with Crippen molar-refractivity contribution in [3.8, 4) is 11.5 Å². The molecule has 0 radical (unpaired) electrons. The number of hydrogen-bond acceptors (Lipinski definition) is 3. The zero-order chi connectivity index (χ0) is 15.4. The third kappa shape index (κ3) is 3.53. The Hall–Kier alpha value is -2.50. The van der Waals surface area contributed by atoms with Gasteiger partial charge in [-0.2, -0.15) is 0 Å². The maximum atomic E-state index is 13.8. The molecule has 0 unspecified atom stereocenters. The highest BCUT2D eigenvalue weighted by atomic mass is 19.2. The number of esters is 1. The molecule has 0 N–H and O–H groups in total. The van der Waals surface area contributed by atoms with E-state index in [0.29, 0.717) is 12.7 Å². The molecule has 0 aromatic heterocycles. The first-order valence-corrected chi connectivity index (χ1v) is 6.11. The molecular weight excluding hydrogens is 285 g/mol. The average molecular weight is 296 g/mol. The van der Waals surface area contributed by atoms with E-state index in [4.69, 9.17) is 9.47 Å². The molecule has 0 bridgehead atoms. The van der Waals surface area contributed by atoms with Crippen LogP contribution in [0.15, 0.2) is 36.4 Å². The fourth-order valence-electron chi connectivity index (χ4n) is 1.62. The quantitative estimate of drug-likeness (QED) is 0.637. The summed E-state index contributed by atoms with van der Waals surface area (Å²) in [5, 5.41) is 0. The van der Waals surface area contributed by atoms with Gasteiger partial charge in [-0.1, -0.05) is 0 Å². The predicted molar refractivity (Wildman–Crippen MR) is 68.9 cm³/mol. The average Bonchev–Trinajstić information content (AvgIpc) is 2.43. The summed E-state index contributed by atoms with van der Waals surface area (Å²) in [6.45, 7) is 2.10. The van der Waals surface area contributed by atoms with Crippen LogP contribution in [0.3, 0.4) is 0 Å². The molecule has 6 heteroatoms. The fourth-order valence-corrected chi connectivity index (χ4v) is 1.62. The predicted octanol–water partition coefficient (Wildman–Crippen LogP) is 3.72. The van der Waals surface area contributed by atoms with Gasteiger partial charge in [0.2, 0.25) is 0 Å². The summed E-state index contributed by atoms with van der Waals surface area (Å²) in [5.74, 6) is -4.00. The molecule has 0 spiro atoms. The van der Waals surface area contributed by atoms with E-state index < -0.39 is 23.4 Å². The molecule has 0 aliphatic carbocycles. The smallest absolute Gasteiger partial charge is 0.346 e. The van der Waals surface area contributed by atoms with Crippen molar-refractivity contribution in [3.63, 3.8) is 0 Å². The Morgan fingerprint density at radius 3 is 2.24 bits per heavy atom. The lowest BCUT2D eigenvalue weighted by atomic mass is 10.2. The number of ether oxygens (including phenoxy) is 2. The van der Waals surface area contributed by atoms with E-state index in [1.807, 2.05) is 0 Å². The van der Waals surface area contributed by atoms with Crippen LogP contribution in [0.2, 0.25) is 0 Å². The molecule has 21 heavy (non-hydrogen) atoms. The third-order valence-electron chi connectivity index (χ3n) is 2.57. The number of carbonyl (C=O) groups is 1. The van der Waals surface area contributed by atoms with E-state index in [1.54, 1.807) is 6.92 Å². The van der Waals surface area contributed by atoms with Crippen LogP contribution in [0.1, 0.15) is 17.3 Å². The van der Waals surface area contributed by atoms with Gasteiger partial charge in [0.25, 0.3) is 0 Å². The minimum atomic E-state index is -1.16. The Morgan fingerprint density at radius 2 is 1.62 bits per heavy atom. The molecule has 2 aromatic carbocycles. The third-order valence-corrected chi connectivity index (χ3v) is 2.57. The van der Waals surface area contributed by atoms with E-state index in [9.17, 15) is 18.0 Å². The van der Waals surface area contributed by atoms with Crippen LogP contribution in [0.25, 0.3) is 0 Å². The normalized spacial score (nSPS) is 10.3. The van der Waals surface area contributed by atoms with Crippen LogP contribution < -0.4 is 9.47 Å². The van der Waals surface area contributed by atoms with Gasteiger partial charge in [0.15, 0.2) is 11.6 Å². The highest BCUT2D eigenvalue weighted by molar-refractivity contribution is 5.91. The second-order valence-corrected chi connectivity index (χ2v) is 4.04. The van der Waals surface area contributed by atoms with Gasteiger partial charge < -0.3 is 9.47 Å². The lowest BCUT2D eigenvalue weighted by Crippen LogP contribution is -2.11. The first-order valence-electron chi connectivity index (χ1n) is 6.11. The number of rotatable bonds is 4. The van der Waals surface area contributed by atoms with Crippen molar-refractivity contribution >= 4 is 5.97 Å². The summed E-state index contributed by atoms with van der Waals surface area (Å²) in [4.78, 5) is 11.8. The molecular formula is C15H11F3O3. The Kier molecular flexibility index (Phi) is 4.47. The van der Waals surface area contributed by atoms with Crippen molar-refractivity contribution in [2.24, 2.45) is 0 Å². The lowest BCUT2D eigenvalue weighted by Gasteiger charge is -2.07. The van der Waals surface area contributed by atoms with E-state index in [2.05, 4.69) is 0 Å². The molecule has 2 rings (SSSR count). The van der Waals surface area contributed by atoms with Crippen molar-refractivity contribution in [2.45, 2.75) is 6.92 Å². The van der Waals surface area contributed by atoms with Crippen LogP contribution >= 0.6 is 0 Å². The summed E-state index contributed by atoms with van der Waals surface area (Å²) in [5.41, 5.74) is -0.330. The topological polar surface area (TPSA) is 35.5 Å². The van der Waals surface area contributed by atoms with Crippen LogP contribution in [-0.4, -0.2) is 12.6 Å². The van der Waals surface area contributed by atoms with Crippen molar-refractivity contribution in [1.29, 1.82) is 0 Å². The number of halogens is 3. The van der Waals surface area contributed by atoms with Gasteiger partial charge in [0.1, 0.15) is 17.3 Å². The summed E-state index contributed by atoms with van der Waals surface area (Å²) < 4.78 is 49.4. The molecule has 2 aromatic rings. The van der Waals surface area contributed by atoms with Gasteiger partial charge in [-0.3, -0.25) is 0 Å². The number of hydrogen-bond donors (Lipinski definition) is 0. The highest BCUT2D eigenvalue weighted by Gasteiger charge is 2.16. The summed E-state index contributed by atoms with van der Waals surface area (Å²) >= 11 is 0. The molecule has 110 valence electrons. The summed E-state index contributed by atoms with van der Waals surface area (Å²) in [6.07, 6.45) is 0.